The monoisotopic (exact) mass is 366 g/mol. The zero-order valence-corrected chi connectivity index (χ0v) is 13.8. The summed E-state index contributed by atoms with van der Waals surface area (Å²) < 4.78 is 13.2. The van der Waals surface area contributed by atoms with E-state index in [-0.39, 0.29) is 11.7 Å². The molecule has 0 atom stereocenters. The van der Waals surface area contributed by atoms with Crippen molar-refractivity contribution >= 4 is 57.8 Å². The number of amides is 1. The number of thioether (sulfide) groups is 1. The molecule has 1 fully saturated rings. The van der Waals surface area contributed by atoms with Crippen molar-refractivity contribution in [2.24, 2.45) is 4.99 Å². The van der Waals surface area contributed by atoms with Crippen LogP contribution in [-0.2, 0) is 4.79 Å². The predicted molar refractivity (Wildman–Crippen MR) is 93.7 cm³/mol. The summed E-state index contributed by atoms with van der Waals surface area (Å²) >= 11 is 13.1. The van der Waals surface area contributed by atoms with Gasteiger partial charge in [-0.15, -0.1) is 0 Å². The molecule has 0 saturated carbocycles. The maximum absolute atomic E-state index is 13.2. The lowest BCUT2D eigenvalue weighted by atomic mass is 10.2. The second-order valence-electron chi connectivity index (χ2n) is 4.63. The van der Waals surface area contributed by atoms with Crippen LogP contribution in [0.25, 0.3) is 6.08 Å². The van der Waals surface area contributed by atoms with Crippen molar-refractivity contribution in [3.05, 3.63) is 68.8 Å². The van der Waals surface area contributed by atoms with E-state index in [4.69, 9.17) is 23.2 Å². The SMILES string of the molecule is O=C1NC(=Nc2ccc(Cl)cc2Cl)S/C1=C/c1cccc(F)c1. The van der Waals surface area contributed by atoms with Crippen LogP contribution in [0.3, 0.4) is 0 Å². The summed E-state index contributed by atoms with van der Waals surface area (Å²) in [6.07, 6.45) is 1.61. The third-order valence-electron chi connectivity index (χ3n) is 2.93. The lowest BCUT2D eigenvalue weighted by Crippen LogP contribution is -2.19. The molecule has 0 radical (unpaired) electrons. The first-order valence-electron chi connectivity index (χ1n) is 6.51. The van der Waals surface area contributed by atoms with E-state index in [0.717, 1.165) is 11.8 Å². The van der Waals surface area contributed by atoms with E-state index in [2.05, 4.69) is 10.3 Å². The van der Waals surface area contributed by atoms with Crippen LogP contribution in [0.2, 0.25) is 10.0 Å². The summed E-state index contributed by atoms with van der Waals surface area (Å²) in [7, 11) is 0. The van der Waals surface area contributed by atoms with Crippen molar-refractivity contribution in [2.45, 2.75) is 0 Å². The fourth-order valence-electron chi connectivity index (χ4n) is 1.91. The number of amidine groups is 1. The highest BCUT2D eigenvalue weighted by Crippen LogP contribution is 2.32. The van der Waals surface area contributed by atoms with Crippen LogP contribution in [0.4, 0.5) is 10.1 Å². The van der Waals surface area contributed by atoms with Crippen LogP contribution in [0, 0.1) is 5.82 Å². The van der Waals surface area contributed by atoms with Crippen molar-refractivity contribution in [1.82, 2.24) is 5.32 Å². The topological polar surface area (TPSA) is 41.5 Å². The van der Waals surface area contributed by atoms with Gasteiger partial charge in [0, 0.05) is 5.02 Å². The Hall–Kier alpha value is -1.82. The van der Waals surface area contributed by atoms with E-state index < -0.39 is 0 Å². The van der Waals surface area contributed by atoms with Crippen LogP contribution in [0.5, 0.6) is 0 Å². The molecule has 2 aromatic rings. The molecule has 1 heterocycles. The summed E-state index contributed by atoms with van der Waals surface area (Å²) in [5, 5.41) is 3.95. The number of benzene rings is 2. The number of carbonyl (C=O) groups is 1. The minimum atomic E-state index is -0.357. The third-order valence-corrected chi connectivity index (χ3v) is 4.38. The molecule has 7 heteroatoms. The highest BCUT2D eigenvalue weighted by molar-refractivity contribution is 8.18. The molecule has 3 rings (SSSR count). The van der Waals surface area contributed by atoms with Gasteiger partial charge in [-0.05, 0) is 53.7 Å². The Kier molecular flexibility index (Phi) is 4.71. The van der Waals surface area contributed by atoms with Crippen molar-refractivity contribution in [1.29, 1.82) is 0 Å². The number of nitrogens with one attached hydrogen (secondary N) is 1. The Bertz CT molecular complexity index is 852. The number of aliphatic imine (C=N–C) groups is 1. The maximum atomic E-state index is 13.2. The molecule has 1 saturated heterocycles. The van der Waals surface area contributed by atoms with E-state index in [0.29, 0.717) is 31.4 Å². The molecule has 0 aliphatic carbocycles. The summed E-state index contributed by atoms with van der Waals surface area (Å²) in [4.78, 5) is 16.7. The van der Waals surface area contributed by atoms with Gasteiger partial charge in [-0.25, -0.2) is 9.38 Å². The summed E-state index contributed by atoms with van der Waals surface area (Å²) in [5.41, 5.74) is 1.11. The highest BCUT2D eigenvalue weighted by Gasteiger charge is 2.24. The molecule has 0 unspecified atom stereocenters. The van der Waals surface area contributed by atoms with Crippen LogP contribution < -0.4 is 5.32 Å². The van der Waals surface area contributed by atoms with Crippen molar-refractivity contribution < 1.29 is 9.18 Å². The van der Waals surface area contributed by atoms with Gasteiger partial charge in [0.2, 0.25) is 0 Å². The number of nitrogens with zero attached hydrogens (tertiary/aromatic N) is 1. The zero-order chi connectivity index (χ0) is 16.4. The smallest absolute Gasteiger partial charge is 0.264 e. The normalized spacial score (nSPS) is 17.8. The minimum Gasteiger partial charge on any atom is -0.300 e. The molecule has 1 amide bonds. The number of rotatable bonds is 2. The molecular formula is C16H9Cl2FN2OS. The second kappa shape index (κ2) is 6.74. The van der Waals surface area contributed by atoms with Gasteiger partial charge in [0.05, 0.1) is 15.6 Å². The van der Waals surface area contributed by atoms with E-state index in [1.807, 2.05) is 0 Å². The Morgan fingerprint density at radius 2 is 2.00 bits per heavy atom. The Morgan fingerprint density at radius 1 is 1.17 bits per heavy atom. The van der Waals surface area contributed by atoms with Gasteiger partial charge in [-0.3, -0.25) is 4.79 Å². The van der Waals surface area contributed by atoms with Crippen molar-refractivity contribution in [2.75, 3.05) is 0 Å². The first kappa shape index (κ1) is 16.1. The molecule has 0 spiro atoms. The molecule has 0 aromatic heterocycles. The van der Waals surface area contributed by atoms with Crippen LogP contribution in [0.1, 0.15) is 5.56 Å². The van der Waals surface area contributed by atoms with Crippen LogP contribution in [0.15, 0.2) is 52.4 Å². The van der Waals surface area contributed by atoms with Gasteiger partial charge in [0.25, 0.3) is 5.91 Å². The second-order valence-corrected chi connectivity index (χ2v) is 6.51. The lowest BCUT2D eigenvalue weighted by Gasteiger charge is -1.99. The molecule has 23 heavy (non-hydrogen) atoms. The predicted octanol–water partition coefficient (Wildman–Crippen LogP) is 5.02. The largest absolute Gasteiger partial charge is 0.300 e. The molecule has 3 nitrogen and oxygen atoms in total. The Labute approximate surface area is 146 Å². The standard InChI is InChI=1S/C16H9Cl2FN2OS/c17-10-4-5-13(12(18)8-10)20-16-21-15(22)14(23-16)7-9-2-1-3-11(19)6-9/h1-8H,(H,20,21,22)/b14-7+. The molecule has 1 aliphatic rings. The van der Waals surface area contributed by atoms with E-state index in [1.165, 1.54) is 12.1 Å². The Balaban J connectivity index is 1.86. The van der Waals surface area contributed by atoms with Crippen molar-refractivity contribution in [3.63, 3.8) is 0 Å². The summed E-state index contributed by atoms with van der Waals surface area (Å²) in [6.45, 7) is 0. The molecule has 1 N–H and O–H groups in total. The molecule has 0 bridgehead atoms. The van der Waals surface area contributed by atoms with Gasteiger partial charge in [0.15, 0.2) is 5.17 Å². The van der Waals surface area contributed by atoms with E-state index in [9.17, 15) is 9.18 Å². The molecule has 1 aliphatic heterocycles. The number of hydrogen-bond acceptors (Lipinski definition) is 3. The number of halogens is 3. The maximum Gasteiger partial charge on any atom is 0.264 e. The third kappa shape index (κ3) is 3.93. The van der Waals surface area contributed by atoms with Gasteiger partial charge < -0.3 is 5.32 Å². The van der Waals surface area contributed by atoms with Crippen LogP contribution >= 0.6 is 35.0 Å². The molecule has 2 aromatic carbocycles. The average molecular weight is 367 g/mol. The highest BCUT2D eigenvalue weighted by atomic mass is 35.5. The molecule has 116 valence electrons. The van der Waals surface area contributed by atoms with Crippen LogP contribution in [-0.4, -0.2) is 11.1 Å². The first-order chi connectivity index (χ1) is 11.0. The fourth-order valence-corrected chi connectivity index (χ4v) is 3.20. The Morgan fingerprint density at radius 3 is 2.74 bits per heavy atom. The fraction of sp³-hybridized carbons (Fsp3) is 0. The summed E-state index contributed by atoms with van der Waals surface area (Å²) in [6, 6.07) is 10.9. The van der Waals surface area contributed by atoms with Gasteiger partial charge in [-0.1, -0.05) is 35.3 Å². The lowest BCUT2D eigenvalue weighted by molar-refractivity contribution is -0.115. The minimum absolute atomic E-state index is 0.289. The van der Waals surface area contributed by atoms with E-state index in [1.54, 1.807) is 36.4 Å². The zero-order valence-electron chi connectivity index (χ0n) is 11.5. The van der Waals surface area contributed by atoms with Crippen molar-refractivity contribution in [3.8, 4) is 0 Å². The number of carbonyl (C=O) groups excluding carboxylic acids is 1. The van der Waals surface area contributed by atoms with Gasteiger partial charge in [-0.2, -0.15) is 0 Å². The molecular weight excluding hydrogens is 358 g/mol. The average Bonchev–Trinajstić information content (AvgIpc) is 2.82. The van der Waals surface area contributed by atoms with E-state index >= 15 is 0 Å². The first-order valence-corrected chi connectivity index (χ1v) is 8.09. The quantitative estimate of drug-likeness (QED) is 0.757. The van der Waals surface area contributed by atoms with Gasteiger partial charge >= 0.3 is 0 Å². The number of hydrogen-bond donors (Lipinski definition) is 1. The van der Waals surface area contributed by atoms with Gasteiger partial charge in [0.1, 0.15) is 5.82 Å². The summed E-state index contributed by atoms with van der Waals surface area (Å²) in [5.74, 6) is -0.646.